The second-order valence-corrected chi connectivity index (χ2v) is 11.3. The Morgan fingerprint density at radius 2 is 1.65 bits per heavy atom. The summed E-state index contributed by atoms with van der Waals surface area (Å²) in [6.45, 7) is -0.109. The minimum absolute atomic E-state index is 0.109. The van der Waals surface area contributed by atoms with Gasteiger partial charge in [0.1, 0.15) is 18.3 Å². The zero-order valence-electron chi connectivity index (χ0n) is 17.9. The number of rotatable bonds is 10. The van der Waals surface area contributed by atoms with E-state index in [1.807, 2.05) is 0 Å². The number of carboxylic acid groups (broad SMARTS) is 1. The highest BCUT2D eigenvalue weighted by Gasteiger charge is 2.52. The Morgan fingerprint density at radius 3 is 2.12 bits per heavy atom. The molecule has 34 heavy (non-hydrogen) atoms. The van der Waals surface area contributed by atoms with Gasteiger partial charge in [-0.05, 0) is 25.2 Å². The Morgan fingerprint density at radius 1 is 1.03 bits per heavy atom. The molecular weight excluding hydrogens is 506 g/mol. The summed E-state index contributed by atoms with van der Waals surface area (Å²) >= 11 is 0. The summed E-state index contributed by atoms with van der Waals surface area (Å²) in [7, 11) is -8.40. The summed E-state index contributed by atoms with van der Waals surface area (Å²) in [6, 6.07) is -1.60. The predicted molar refractivity (Wildman–Crippen MR) is 110 cm³/mol. The van der Waals surface area contributed by atoms with Crippen molar-refractivity contribution in [3.8, 4) is 0 Å². The van der Waals surface area contributed by atoms with Crippen molar-refractivity contribution < 1.29 is 65.4 Å². The summed E-state index contributed by atoms with van der Waals surface area (Å²) in [4.78, 5) is 22.8. The SMILES string of the molecule is CO[C@@H]1CC(C(=O)O)[C@H](C[C@@H]2CC(CS(=O)(=O)O)[C@H](OC=O)[C@H](O)C2NS(=O)(=O)O)[C@H](O)C1O. The molecule has 0 aromatic carbocycles. The van der Waals surface area contributed by atoms with Gasteiger partial charge in [-0.15, -0.1) is 0 Å². The van der Waals surface area contributed by atoms with Crippen LogP contribution in [0.2, 0.25) is 0 Å². The van der Waals surface area contributed by atoms with Crippen molar-refractivity contribution in [2.75, 3.05) is 12.9 Å². The fraction of sp³-hybridized carbons (Fsp3) is 0.882. The topological polar surface area (TPSA) is 254 Å². The zero-order valence-corrected chi connectivity index (χ0v) is 19.6. The number of carboxylic acids is 1. The highest BCUT2D eigenvalue weighted by atomic mass is 32.2. The largest absolute Gasteiger partial charge is 0.481 e. The van der Waals surface area contributed by atoms with Crippen LogP contribution in [0.4, 0.5) is 0 Å². The van der Waals surface area contributed by atoms with Crippen LogP contribution in [0.25, 0.3) is 0 Å². The third-order valence-corrected chi connectivity index (χ3v) is 7.99. The number of nitrogens with one attached hydrogen (secondary N) is 1. The van der Waals surface area contributed by atoms with E-state index >= 15 is 0 Å². The summed E-state index contributed by atoms with van der Waals surface area (Å²) in [5, 5.41) is 41.3. The quantitative estimate of drug-likeness (QED) is 0.109. The van der Waals surface area contributed by atoms with E-state index in [1.54, 1.807) is 4.72 Å². The van der Waals surface area contributed by atoms with E-state index < -0.39 is 92.4 Å². The summed E-state index contributed by atoms with van der Waals surface area (Å²) in [6.07, 6.45) is -8.56. The highest BCUT2D eigenvalue weighted by Crippen LogP contribution is 2.42. The van der Waals surface area contributed by atoms with Crippen LogP contribution in [0.3, 0.4) is 0 Å². The molecular formula is C17H29NO14S2. The Bertz CT molecular complexity index is 940. The molecule has 0 radical (unpaired) electrons. The average Bonchev–Trinajstić information content (AvgIpc) is 2.69. The monoisotopic (exact) mass is 535 g/mol. The van der Waals surface area contributed by atoms with Crippen LogP contribution in [-0.2, 0) is 39.5 Å². The molecule has 0 bridgehead atoms. The Labute approximate surface area is 195 Å². The van der Waals surface area contributed by atoms with Crippen LogP contribution >= 0.6 is 0 Å². The first-order chi connectivity index (χ1) is 15.6. The van der Waals surface area contributed by atoms with Gasteiger partial charge in [0, 0.05) is 18.9 Å². The van der Waals surface area contributed by atoms with Crippen LogP contribution in [0.5, 0.6) is 0 Å². The minimum Gasteiger partial charge on any atom is -0.481 e. The lowest BCUT2D eigenvalue weighted by Crippen LogP contribution is -2.61. The van der Waals surface area contributed by atoms with Crippen LogP contribution in [0.15, 0.2) is 0 Å². The maximum Gasteiger partial charge on any atom is 0.333 e. The molecule has 10 atom stereocenters. The first kappa shape index (κ1) is 28.8. The number of aliphatic hydroxyl groups is 3. The molecule has 2 aliphatic rings. The van der Waals surface area contributed by atoms with Gasteiger partial charge in [0.2, 0.25) is 0 Å². The van der Waals surface area contributed by atoms with Gasteiger partial charge in [0.25, 0.3) is 16.6 Å². The second-order valence-electron chi connectivity index (χ2n) is 8.65. The highest BCUT2D eigenvalue weighted by molar-refractivity contribution is 7.85. The van der Waals surface area contributed by atoms with E-state index in [4.69, 9.17) is 9.47 Å². The molecule has 17 heteroatoms. The molecule has 0 saturated heterocycles. The molecule has 0 heterocycles. The Kier molecular flexibility index (Phi) is 9.39. The van der Waals surface area contributed by atoms with Gasteiger partial charge in [-0.1, -0.05) is 0 Å². The van der Waals surface area contributed by atoms with Gasteiger partial charge < -0.3 is 29.9 Å². The standard InChI is InChI=1S/C17H29NO14S2/c1-31-11-4-10(17(23)24)9(13(20)14(11)21)3-7-2-8(5-33(25,26)27)16(32-6-19)15(22)12(7)18-34(28,29)30/h6-16,18,20-22H,2-5H2,1H3,(H,23,24)(H,25,26,27)(H,28,29,30)/t7-,8?,9-,10?,11+,12?,13-,14?,15+,16-/m0/s1. The summed E-state index contributed by atoms with van der Waals surface area (Å²) in [5.74, 6) is -7.16. The number of hydrogen-bond acceptors (Lipinski definition) is 11. The molecule has 2 fully saturated rings. The number of aliphatic carboxylic acids is 1. The van der Waals surface area contributed by atoms with Crippen LogP contribution < -0.4 is 4.72 Å². The Balaban J connectivity index is 2.46. The number of ether oxygens (including phenoxy) is 2. The van der Waals surface area contributed by atoms with Gasteiger partial charge in [-0.3, -0.25) is 18.7 Å². The van der Waals surface area contributed by atoms with Crippen LogP contribution in [-0.4, -0.2) is 108 Å². The minimum atomic E-state index is -4.96. The lowest BCUT2D eigenvalue weighted by atomic mass is 9.66. The number of aliphatic hydroxyl groups excluding tert-OH is 3. The van der Waals surface area contributed by atoms with E-state index in [1.165, 1.54) is 7.11 Å². The predicted octanol–water partition coefficient (Wildman–Crippen LogP) is -2.98. The van der Waals surface area contributed by atoms with Crippen LogP contribution in [0, 0.1) is 23.7 Å². The van der Waals surface area contributed by atoms with Gasteiger partial charge in [0.15, 0.2) is 0 Å². The van der Waals surface area contributed by atoms with Crippen molar-refractivity contribution in [2.45, 2.75) is 55.8 Å². The Hall–Kier alpha value is -1.44. The molecule has 2 saturated carbocycles. The average molecular weight is 536 g/mol. The maximum absolute atomic E-state index is 11.9. The molecule has 2 aliphatic carbocycles. The van der Waals surface area contributed by atoms with Crippen molar-refractivity contribution in [1.29, 1.82) is 0 Å². The van der Waals surface area contributed by atoms with E-state index in [0.717, 1.165) is 0 Å². The maximum atomic E-state index is 11.9. The van der Waals surface area contributed by atoms with E-state index in [2.05, 4.69) is 0 Å². The van der Waals surface area contributed by atoms with Crippen molar-refractivity contribution in [2.24, 2.45) is 23.7 Å². The van der Waals surface area contributed by atoms with Crippen molar-refractivity contribution in [1.82, 2.24) is 4.72 Å². The molecule has 0 amide bonds. The lowest BCUT2D eigenvalue weighted by Gasteiger charge is -2.47. The van der Waals surface area contributed by atoms with Gasteiger partial charge in [-0.25, -0.2) is 0 Å². The molecule has 4 unspecified atom stereocenters. The third kappa shape index (κ3) is 7.05. The summed E-state index contributed by atoms with van der Waals surface area (Å²) < 4.78 is 76.1. The number of hydrogen-bond donors (Lipinski definition) is 7. The zero-order chi connectivity index (χ0) is 26.0. The number of carbonyl (C=O) groups excluding carboxylic acids is 1. The summed E-state index contributed by atoms with van der Waals surface area (Å²) in [5.41, 5.74) is 0. The molecule has 198 valence electrons. The fourth-order valence-electron chi connectivity index (χ4n) is 5.15. The molecule has 0 aliphatic heterocycles. The van der Waals surface area contributed by atoms with Crippen molar-refractivity contribution >= 4 is 32.9 Å². The molecule has 7 N–H and O–H groups in total. The molecule has 0 aromatic rings. The third-order valence-electron chi connectivity index (χ3n) is 6.57. The smallest absolute Gasteiger partial charge is 0.333 e. The second kappa shape index (κ2) is 11.1. The van der Waals surface area contributed by atoms with E-state index in [-0.39, 0.29) is 25.7 Å². The molecule has 0 aromatic heterocycles. The van der Waals surface area contributed by atoms with Gasteiger partial charge >= 0.3 is 16.3 Å². The first-order valence-electron chi connectivity index (χ1n) is 10.2. The van der Waals surface area contributed by atoms with Crippen molar-refractivity contribution in [3.05, 3.63) is 0 Å². The number of methoxy groups -OCH3 is 1. The first-order valence-corrected chi connectivity index (χ1v) is 13.2. The van der Waals surface area contributed by atoms with E-state index in [0.29, 0.717) is 0 Å². The van der Waals surface area contributed by atoms with E-state index in [9.17, 15) is 56.0 Å². The lowest BCUT2D eigenvalue weighted by molar-refractivity contribution is -0.173. The number of carbonyl (C=O) groups is 2. The molecule has 0 spiro atoms. The van der Waals surface area contributed by atoms with Crippen LogP contribution in [0.1, 0.15) is 19.3 Å². The van der Waals surface area contributed by atoms with Crippen molar-refractivity contribution in [3.63, 3.8) is 0 Å². The molecule has 2 rings (SSSR count). The van der Waals surface area contributed by atoms with Gasteiger partial charge in [-0.2, -0.15) is 21.6 Å². The van der Waals surface area contributed by atoms with Gasteiger partial charge in [0.05, 0.1) is 29.9 Å². The molecule has 15 nitrogen and oxygen atoms in total. The fourth-order valence-corrected chi connectivity index (χ4v) is 6.69. The normalized spacial score (nSPS) is 39.4.